The average molecular weight is 225 g/mol. The maximum absolute atomic E-state index is 5.87. The van der Waals surface area contributed by atoms with Crippen LogP contribution in [0, 0.1) is 5.41 Å². The molecule has 0 saturated carbocycles. The summed E-state index contributed by atoms with van der Waals surface area (Å²) in [5.74, 6) is 1.28. The highest BCUT2D eigenvalue weighted by molar-refractivity contribution is 6.21. The van der Waals surface area contributed by atoms with Crippen molar-refractivity contribution in [3.8, 4) is 0 Å². The van der Waals surface area contributed by atoms with Crippen molar-refractivity contribution in [1.29, 1.82) is 0 Å². The molecule has 1 aliphatic rings. The molecule has 3 heteroatoms. The van der Waals surface area contributed by atoms with Gasteiger partial charge in [-0.2, -0.15) is 0 Å². The third kappa shape index (κ3) is 3.65. The molecule has 0 radical (unpaired) electrons. The predicted molar refractivity (Wildman–Crippen MR) is 57.8 cm³/mol. The number of halogens is 2. The van der Waals surface area contributed by atoms with Crippen molar-refractivity contribution in [3.63, 3.8) is 0 Å². The van der Waals surface area contributed by atoms with Crippen LogP contribution in [0.25, 0.3) is 0 Å². The highest BCUT2D eigenvalue weighted by Gasteiger charge is 2.25. The van der Waals surface area contributed by atoms with E-state index in [-0.39, 0.29) is 5.41 Å². The van der Waals surface area contributed by atoms with Crippen LogP contribution in [0.1, 0.15) is 32.6 Å². The van der Waals surface area contributed by atoms with E-state index >= 15 is 0 Å². The summed E-state index contributed by atoms with van der Waals surface area (Å²) in [7, 11) is 0. The van der Waals surface area contributed by atoms with E-state index in [1.165, 1.54) is 12.8 Å². The van der Waals surface area contributed by atoms with E-state index in [9.17, 15) is 0 Å². The summed E-state index contributed by atoms with van der Waals surface area (Å²) in [4.78, 5) is 0. The molecule has 1 aliphatic heterocycles. The zero-order valence-corrected chi connectivity index (χ0v) is 9.70. The Bertz CT molecular complexity index is 140. The highest BCUT2D eigenvalue weighted by Crippen LogP contribution is 2.29. The number of hydrogen-bond acceptors (Lipinski definition) is 1. The van der Waals surface area contributed by atoms with Crippen molar-refractivity contribution >= 4 is 23.2 Å². The molecule has 1 heterocycles. The van der Waals surface area contributed by atoms with Crippen LogP contribution in [-0.2, 0) is 4.74 Å². The first-order chi connectivity index (χ1) is 6.20. The molecule has 1 nitrogen and oxygen atoms in total. The maximum Gasteiger partial charge on any atom is 0.0576 e. The first kappa shape index (κ1) is 11.6. The Labute approximate surface area is 90.7 Å². The summed E-state index contributed by atoms with van der Waals surface area (Å²) in [6.45, 7) is 3.07. The lowest BCUT2D eigenvalue weighted by molar-refractivity contribution is 0.0940. The summed E-state index contributed by atoms with van der Waals surface area (Å²) in [6.07, 6.45) is 5.07. The summed E-state index contributed by atoms with van der Waals surface area (Å²) in [5, 5.41) is 0. The van der Waals surface area contributed by atoms with E-state index in [2.05, 4.69) is 6.92 Å². The zero-order chi connectivity index (χ0) is 9.73. The fraction of sp³-hybridized carbons (Fsp3) is 1.00. The summed E-state index contributed by atoms with van der Waals surface area (Å²) < 4.78 is 5.55. The fourth-order valence-electron chi connectivity index (χ4n) is 1.55. The first-order valence-electron chi connectivity index (χ1n) is 4.94. The largest absolute Gasteiger partial charge is 0.378 e. The zero-order valence-electron chi connectivity index (χ0n) is 8.19. The standard InChI is InChI=1S/C10H18Cl2O/c1-10(7-11,8-12)5-4-9-3-2-6-13-9/h9H,2-8H2,1H3. The first-order valence-corrected chi connectivity index (χ1v) is 6.01. The third-order valence-corrected chi connectivity index (χ3v) is 4.03. The normalized spacial score (nSPS) is 23.8. The second-order valence-electron chi connectivity index (χ2n) is 4.25. The number of hydrogen-bond donors (Lipinski definition) is 0. The van der Waals surface area contributed by atoms with Crippen molar-refractivity contribution in [2.24, 2.45) is 5.41 Å². The van der Waals surface area contributed by atoms with Crippen LogP contribution < -0.4 is 0 Å². The molecular formula is C10H18Cl2O. The van der Waals surface area contributed by atoms with Gasteiger partial charge in [-0.3, -0.25) is 0 Å². The minimum absolute atomic E-state index is 0.0923. The van der Waals surface area contributed by atoms with Crippen molar-refractivity contribution in [1.82, 2.24) is 0 Å². The van der Waals surface area contributed by atoms with E-state index in [0.717, 1.165) is 19.4 Å². The Kier molecular flexibility index (Phi) is 4.85. The highest BCUT2D eigenvalue weighted by atomic mass is 35.5. The molecule has 13 heavy (non-hydrogen) atoms. The molecule has 78 valence electrons. The summed E-state index contributed by atoms with van der Waals surface area (Å²) >= 11 is 11.7. The molecule has 0 amide bonds. The SMILES string of the molecule is CC(CCl)(CCl)CCC1CCCO1. The van der Waals surface area contributed by atoms with Gasteiger partial charge in [0, 0.05) is 18.4 Å². The number of rotatable bonds is 5. The Morgan fingerprint density at radius 2 is 2.08 bits per heavy atom. The van der Waals surface area contributed by atoms with E-state index in [1.54, 1.807) is 0 Å². The van der Waals surface area contributed by atoms with Crippen LogP contribution in [0.5, 0.6) is 0 Å². The van der Waals surface area contributed by atoms with Crippen LogP contribution in [-0.4, -0.2) is 24.5 Å². The van der Waals surface area contributed by atoms with Gasteiger partial charge in [0.15, 0.2) is 0 Å². The Balaban J connectivity index is 2.22. The topological polar surface area (TPSA) is 9.23 Å². The maximum atomic E-state index is 5.87. The van der Waals surface area contributed by atoms with E-state index in [4.69, 9.17) is 27.9 Å². The van der Waals surface area contributed by atoms with Gasteiger partial charge in [-0.25, -0.2) is 0 Å². The van der Waals surface area contributed by atoms with Crippen LogP contribution in [0.2, 0.25) is 0 Å². The molecule has 0 aromatic carbocycles. The lowest BCUT2D eigenvalue weighted by Gasteiger charge is -2.25. The molecule has 0 aromatic rings. The van der Waals surface area contributed by atoms with Gasteiger partial charge < -0.3 is 4.74 Å². The van der Waals surface area contributed by atoms with E-state index in [1.807, 2.05) is 0 Å². The molecular weight excluding hydrogens is 207 g/mol. The van der Waals surface area contributed by atoms with Gasteiger partial charge in [-0.15, -0.1) is 23.2 Å². The van der Waals surface area contributed by atoms with Crippen molar-refractivity contribution in [2.75, 3.05) is 18.4 Å². The monoisotopic (exact) mass is 224 g/mol. The van der Waals surface area contributed by atoms with Gasteiger partial charge in [0.1, 0.15) is 0 Å². The Morgan fingerprint density at radius 1 is 1.38 bits per heavy atom. The van der Waals surface area contributed by atoms with Crippen LogP contribution in [0.4, 0.5) is 0 Å². The lowest BCUT2D eigenvalue weighted by atomic mass is 9.88. The predicted octanol–water partition coefficient (Wildman–Crippen LogP) is 3.43. The third-order valence-electron chi connectivity index (χ3n) is 2.74. The van der Waals surface area contributed by atoms with Gasteiger partial charge in [-0.1, -0.05) is 6.92 Å². The van der Waals surface area contributed by atoms with Crippen molar-refractivity contribution in [2.45, 2.75) is 38.7 Å². The van der Waals surface area contributed by atoms with Crippen LogP contribution in [0.3, 0.4) is 0 Å². The molecule has 0 aliphatic carbocycles. The smallest absolute Gasteiger partial charge is 0.0576 e. The second-order valence-corrected chi connectivity index (χ2v) is 4.79. The van der Waals surface area contributed by atoms with Crippen LogP contribution >= 0.6 is 23.2 Å². The molecule has 1 unspecified atom stereocenters. The van der Waals surface area contributed by atoms with Gasteiger partial charge in [0.25, 0.3) is 0 Å². The number of alkyl halides is 2. The van der Waals surface area contributed by atoms with Crippen LogP contribution in [0.15, 0.2) is 0 Å². The molecule has 1 rings (SSSR count). The molecule has 1 fully saturated rings. The fourth-order valence-corrected chi connectivity index (χ4v) is 2.10. The van der Waals surface area contributed by atoms with Gasteiger partial charge in [0.05, 0.1) is 6.10 Å². The van der Waals surface area contributed by atoms with Crippen molar-refractivity contribution in [3.05, 3.63) is 0 Å². The minimum Gasteiger partial charge on any atom is -0.378 e. The van der Waals surface area contributed by atoms with E-state index < -0.39 is 0 Å². The number of ether oxygens (including phenoxy) is 1. The van der Waals surface area contributed by atoms with Crippen molar-refractivity contribution < 1.29 is 4.74 Å². The summed E-state index contributed by atoms with van der Waals surface area (Å²) in [5.41, 5.74) is 0.0923. The Morgan fingerprint density at radius 3 is 2.54 bits per heavy atom. The van der Waals surface area contributed by atoms with E-state index in [0.29, 0.717) is 17.9 Å². The molecule has 0 aromatic heterocycles. The van der Waals surface area contributed by atoms with Gasteiger partial charge in [-0.05, 0) is 31.1 Å². The molecule has 1 atom stereocenters. The molecule has 0 N–H and O–H groups in total. The Hall–Kier alpha value is 0.540. The van der Waals surface area contributed by atoms with Gasteiger partial charge >= 0.3 is 0 Å². The second kappa shape index (κ2) is 5.43. The molecule has 0 spiro atoms. The van der Waals surface area contributed by atoms with Gasteiger partial charge in [0.2, 0.25) is 0 Å². The minimum atomic E-state index is 0.0923. The molecule has 0 bridgehead atoms. The quantitative estimate of drug-likeness (QED) is 0.651. The molecule has 1 saturated heterocycles. The summed E-state index contributed by atoms with van der Waals surface area (Å²) in [6, 6.07) is 0. The average Bonchev–Trinajstić information content (AvgIpc) is 2.67. The lowest BCUT2D eigenvalue weighted by Crippen LogP contribution is -2.22.